The molecule has 0 aliphatic heterocycles. The molecule has 0 spiro atoms. The highest BCUT2D eigenvalue weighted by Gasteiger charge is 2.10. The molecule has 0 saturated carbocycles. The Bertz CT molecular complexity index is 447. The molecule has 0 fully saturated rings. The molecule has 13 heavy (non-hydrogen) atoms. The van der Waals surface area contributed by atoms with Crippen molar-refractivity contribution in [1.29, 1.82) is 0 Å². The molecule has 0 radical (unpaired) electrons. The molecule has 3 nitrogen and oxygen atoms in total. The first-order valence-electron chi connectivity index (χ1n) is 4.20. The van der Waals surface area contributed by atoms with E-state index in [-0.39, 0.29) is 0 Å². The zero-order chi connectivity index (χ0) is 9.42. The predicted octanol–water partition coefficient (Wildman–Crippen LogP) is 2.18. The quantitative estimate of drug-likeness (QED) is 0.699. The maximum absolute atomic E-state index is 6.06. The summed E-state index contributed by atoms with van der Waals surface area (Å²) in [5.41, 5.74) is 1.86. The third-order valence-electron chi connectivity index (χ3n) is 2.08. The Kier molecular flexibility index (Phi) is 1.96. The van der Waals surface area contributed by atoms with Crippen molar-refractivity contribution >= 4 is 22.6 Å². The Morgan fingerprint density at radius 2 is 2.31 bits per heavy atom. The molecular formula is C9H10ClN3. The number of aromatic nitrogens is 3. The molecule has 4 heteroatoms. The topological polar surface area (TPSA) is 30.7 Å². The van der Waals surface area contributed by atoms with Gasteiger partial charge in [0, 0.05) is 13.2 Å². The van der Waals surface area contributed by atoms with Gasteiger partial charge in [-0.25, -0.2) is 4.98 Å². The molecule has 0 aliphatic carbocycles. The fourth-order valence-corrected chi connectivity index (χ4v) is 1.72. The molecule has 0 atom stereocenters. The average Bonchev–Trinajstić information content (AvgIpc) is 2.45. The lowest BCUT2D eigenvalue weighted by Gasteiger charge is -1.94. The zero-order valence-corrected chi connectivity index (χ0v) is 8.34. The van der Waals surface area contributed by atoms with Crippen LogP contribution in [0.5, 0.6) is 0 Å². The minimum absolute atomic E-state index is 0.731. The summed E-state index contributed by atoms with van der Waals surface area (Å²) in [4.78, 5) is 4.23. The number of hydrogen-bond donors (Lipinski definition) is 0. The van der Waals surface area contributed by atoms with Crippen LogP contribution in [0.4, 0.5) is 0 Å². The number of halogens is 1. The highest BCUT2D eigenvalue weighted by molar-refractivity contribution is 6.35. The van der Waals surface area contributed by atoms with Crippen molar-refractivity contribution in [2.75, 3.05) is 0 Å². The van der Waals surface area contributed by atoms with Crippen LogP contribution in [0.1, 0.15) is 12.6 Å². The SMILES string of the molecule is CCc1nn(C)c2nccc(Cl)c12. The summed E-state index contributed by atoms with van der Waals surface area (Å²) in [6.45, 7) is 2.06. The van der Waals surface area contributed by atoms with E-state index in [1.165, 1.54) is 0 Å². The van der Waals surface area contributed by atoms with Crippen molar-refractivity contribution in [3.63, 3.8) is 0 Å². The standard InChI is InChI=1S/C9H10ClN3/c1-3-7-8-6(10)4-5-11-9(8)13(2)12-7/h4-5H,3H2,1-2H3. The molecule has 2 aromatic rings. The summed E-state index contributed by atoms with van der Waals surface area (Å²) in [6, 6.07) is 1.80. The molecule has 0 aromatic carbocycles. The highest BCUT2D eigenvalue weighted by Crippen LogP contribution is 2.24. The van der Waals surface area contributed by atoms with E-state index < -0.39 is 0 Å². The summed E-state index contributed by atoms with van der Waals surface area (Å²) in [5.74, 6) is 0. The van der Waals surface area contributed by atoms with Gasteiger partial charge < -0.3 is 0 Å². The molecule has 2 rings (SSSR count). The second kappa shape index (κ2) is 3.00. The predicted molar refractivity (Wildman–Crippen MR) is 52.9 cm³/mol. The summed E-state index contributed by atoms with van der Waals surface area (Å²) >= 11 is 6.06. The molecule has 0 unspecified atom stereocenters. The van der Waals surface area contributed by atoms with Crippen LogP contribution >= 0.6 is 11.6 Å². The first-order chi connectivity index (χ1) is 6.24. The smallest absolute Gasteiger partial charge is 0.159 e. The Labute approximate surface area is 81.3 Å². The lowest BCUT2D eigenvalue weighted by molar-refractivity contribution is 0.762. The van der Waals surface area contributed by atoms with Crippen LogP contribution in [-0.4, -0.2) is 14.8 Å². The van der Waals surface area contributed by atoms with E-state index in [4.69, 9.17) is 11.6 Å². The molecule has 0 aliphatic rings. The summed E-state index contributed by atoms with van der Waals surface area (Å²) in [7, 11) is 1.88. The van der Waals surface area contributed by atoms with Gasteiger partial charge in [-0.15, -0.1) is 0 Å². The lowest BCUT2D eigenvalue weighted by atomic mass is 10.2. The monoisotopic (exact) mass is 195 g/mol. The molecule has 0 bridgehead atoms. The average molecular weight is 196 g/mol. The van der Waals surface area contributed by atoms with Crippen molar-refractivity contribution in [1.82, 2.24) is 14.8 Å². The summed E-state index contributed by atoms with van der Waals surface area (Å²) in [5, 5.41) is 6.05. The van der Waals surface area contributed by atoms with Crippen molar-refractivity contribution in [2.45, 2.75) is 13.3 Å². The number of aryl methyl sites for hydroxylation is 2. The van der Waals surface area contributed by atoms with Crippen LogP contribution in [-0.2, 0) is 13.5 Å². The van der Waals surface area contributed by atoms with E-state index >= 15 is 0 Å². The van der Waals surface area contributed by atoms with Crippen LogP contribution < -0.4 is 0 Å². The third-order valence-corrected chi connectivity index (χ3v) is 2.40. The normalized spacial score (nSPS) is 11.0. The molecule has 0 N–H and O–H groups in total. The van der Waals surface area contributed by atoms with E-state index in [9.17, 15) is 0 Å². The number of fused-ring (bicyclic) bond motifs is 1. The van der Waals surface area contributed by atoms with Gasteiger partial charge in [-0.2, -0.15) is 5.10 Å². The van der Waals surface area contributed by atoms with E-state index in [0.29, 0.717) is 0 Å². The van der Waals surface area contributed by atoms with Gasteiger partial charge in [0.1, 0.15) is 0 Å². The van der Waals surface area contributed by atoms with E-state index in [1.807, 2.05) is 7.05 Å². The van der Waals surface area contributed by atoms with E-state index in [2.05, 4.69) is 17.0 Å². The number of nitrogens with zero attached hydrogens (tertiary/aromatic N) is 3. The van der Waals surface area contributed by atoms with Crippen molar-refractivity contribution in [3.8, 4) is 0 Å². The number of hydrogen-bond acceptors (Lipinski definition) is 2. The van der Waals surface area contributed by atoms with Crippen molar-refractivity contribution < 1.29 is 0 Å². The second-order valence-corrected chi connectivity index (χ2v) is 3.32. The van der Waals surface area contributed by atoms with E-state index in [0.717, 1.165) is 28.2 Å². The number of pyridine rings is 1. The van der Waals surface area contributed by atoms with Crippen LogP contribution in [0.3, 0.4) is 0 Å². The van der Waals surface area contributed by atoms with Gasteiger partial charge >= 0.3 is 0 Å². The minimum atomic E-state index is 0.731. The Balaban J connectivity index is 2.89. The largest absolute Gasteiger partial charge is 0.250 e. The summed E-state index contributed by atoms with van der Waals surface area (Å²) in [6.07, 6.45) is 2.58. The maximum Gasteiger partial charge on any atom is 0.159 e. The molecular weight excluding hydrogens is 186 g/mol. The first kappa shape index (κ1) is 8.51. The van der Waals surface area contributed by atoms with Gasteiger partial charge in [0.15, 0.2) is 5.65 Å². The molecule has 0 amide bonds. The highest BCUT2D eigenvalue weighted by atomic mass is 35.5. The lowest BCUT2D eigenvalue weighted by Crippen LogP contribution is -1.91. The fraction of sp³-hybridized carbons (Fsp3) is 0.333. The Morgan fingerprint density at radius 1 is 1.54 bits per heavy atom. The van der Waals surface area contributed by atoms with Gasteiger partial charge in [-0.05, 0) is 12.5 Å². The van der Waals surface area contributed by atoms with Crippen LogP contribution in [0, 0.1) is 0 Å². The number of rotatable bonds is 1. The molecule has 2 aromatic heterocycles. The molecule has 68 valence electrons. The Morgan fingerprint density at radius 3 is 3.00 bits per heavy atom. The second-order valence-electron chi connectivity index (χ2n) is 2.92. The zero-order valence-electron chi connectivity index (χ0n) is 7.58. The van der Waals surface area contributed by atoms with E-state index in [1.54, 1.807) is 16.9 Å². The van der Waals surface area contributed by atoms with Gasteiger partial charge in [-0.1, -0.05) is 18.5 Å². The molecule has 2 heterocycles. The van der Waals surface area contributed by atoms with Crippen molar-refractivity contribution in [3.05, 3.63) is 23.0 Å². The molecule has 0 saturated heterocycles. The maximum atomic E-state index is 6.06. The first-order valence-corrected chi connectivity index (χ1v) is 4.58. The van der Waals surface area contributed by atoms with Gasteiger partial charge in [0.25, 0.3) is 0 Å². The van der Waals surface area contributed by atoms with Crippen LogP contribution in [0.2, 0.25) is 5.02 Å². The van der Waals surface area contributed by atoms with Crippen LogP contribution in [0.25, 0.3) is 11.0 Å². The van der Waals surface area contributed by atoms with Crippen molar-refractivity contribution in [2.24, 2.45) is 7.05 Å². The minimum Gasteiger partial charge on any atom is -0.250 e. The third kappa shape index (κ3) is 1.20. The van der Waals surface area contributed by atoms with Crippen LogP contribution in [0.15, 0.2) is 12.3 Å². The summed E-state index contributed by atoms with van der Waals surface area (Å²) < 4.78 is 1.76. The van der Waals surface area contributed by atoms with Gasteiger partial charge in [0.2, 0.25) is 0 Å². The fourth-order valence-electron chi connectivity index (χ4n) is 1.47. The van der Waals surface area contributed by atoms with Gasteiger partial charge in [0.05, 0.1) is 16.1 Å². The Hall–Kier alpha value is -1.09. The van der Waals surface area contributed by atoms with Gasteiger partial charge in [-0.3, -0.25) is 4.68 Å².